The fraction of sp³-hybridized carbons (Fsp3) is 0. The van der Waals surface area contributed by atoms with E-state index in [9.17, 15) is 25.3 Å². The van der Waals surface area contributed by atoms with Gasteiger partial charge in [0, 0.05) is 37.4 Å². The van der Waals surface area contributed by atoms with E-state index in [1.54, 1.807) is 0 Å². The van der Waals surface area contributed by atoms with Crippen LogP contribution in [0.2, 0.25) is 0 Å². The third kappa shape index (κ3) is 3.66. The summed E-state index contributed by atoms with van der Waals surface area (Å²) in [7, 11) is 3.05. The van der Waals surface area contributed by atoms with Crippen LogP contribution in [0.4, 0.5) is 0 Å². The van der Waals surface area contributed by atoms with E-state index in [1.165, 1.54) is 0 Å². The molecule has 0 heterocycles. The molecule has 0 aliphatic carbocycles. The molecule has 0 atom stereocenters. The second-order valence-electron chi connectivity index (χ2n) is 4.12. The first kappa shape index (κ1) is 17.8. The molecule has 2 aromatic carbocycles. The molecule has 0 aliphatic heterocycles. The van der Waals surface area contributed by atoms with Crippen molar-refractivity contribution in [2.75, 3.05) is 0 Å². The van der Waals surface area contributed by atoms with Gasteiger partial charge in [-0.3, -0.25) is 0 Å². The lowest BCUT2D eigenvalue weighted by Crippen LogP contribution is -1.99. The van der Waals surface area contributed by atoms with Gasteiger partial charge in [0.05, 0.1) is 14.7 Å². The van der Waals surface area contributed by atoms with E-state index in [4.69, 9.17) is 32.0 Å². The van der Waals surface area contributed by atoms with Crippen LogP contribution in [-0.4, -0.2) is 25.3 Å². The first-order chi connectivity index (χ1) is 9.80. The molecule has 0 spiro atoms. The van der Waals surface area contributed by atoms with Crippen LogP contribution in [0.3, 0.4) is 0 Å². The van der Waals surface area contributed by atoms with Crippen molar-refractivity contribution in [3.63, 3.8) is 0 Å². The van der Waals surface area contributed by atoms with Crippen LogP contribution in [-0.2, 0) is 27.2 Å². The average Bonchev–Trinajstić information content (AvgIpc) is 2.33. The molecule has 22 heavy (non-hydrogen) atoms. The summed E-state index contributed by atoms with van der Waals surface area (Å²) in [5, 5.41) is 0.0193. The molecule has 0 N–H and O–H groups in total. The summed E-state index contributed by atoms with van der Waals surface area (Å²) in [5.74, 6) is 0. The summed E-state index contributed by atoms with van der Waals surface area (Å²) >= 11 is 0. The van der Waals surface area contributed by atoms with Gasteiger partial charge < -0.3 is 0 Å². The van der Waals surface area contributed by atoms with Crippen molar-refractivity contribution in [3.8, 4) is 0 Å². The Morgan fingerprint density at radius 1 is 0.636 bits per heavy atom. The summed E-state index contributed by atoms with van der Waals surface area (Å²) in [5.41, 5.74) is 0. The first-order valence-electron chi connectivity index (χ1n) is 5.22. The number of hydrogen-bond donors (Lipinski definition) is 0. The molecule has 6 nitrogen and oxygen atoms in total. The Morgan fingerprint density at radius 3 is 1.59 bits per heavy atom. The van der Waals surface area contributed by atoms with E-state index in [-0.39, 0.29) is 15.7 Å². The monoisotopic (exact) mass is 422 g/mol. The summed E-state index contributed by atoms with van der Waals surface area (Å²) in [6.45, 7) is 0. The van der Waals surface area contributed by atoms with E-state index in [1.807, 2.05) is 0 Å². The molecule has 0 bridgehead atoms. The summed E-state index contributed by atoms with van der Waals surface area (Å²) in [6.07, 6.45) is 0. The topological polar surface area (TPSA) is 102 Å². The summed E-state index contributed by atoms with van der Waals surface area (Å²) in [4.78, 5) is -1.38. The van der Waals surface area contributed by atoms with Crippen LogP contribution < -0.4 is 0 Å². The summed E-state index contributed by atoms with van der Waals surface area (Å²) in [6, 6.07) is 5.07. The highest BCUT2D eigenvalue weighted by molar-refractivity contribution is 8.14. The molecule has 0 saturated heterocycles. The fourth-order valence-electron chi connectivity index (χ4n) is 1.78. The van der Waals surface area contributed by atoms with Crippen LogP contribution in [0.5, 0.6) is 0 Å². The van der Waals surface area contributed by atoms with Gasteiger partial charge >= 0.3 is 0 Å². The Labute approximate surface area is 139 Å². The molecule has 12 heteroatoms. The maximum Gasteiger partial charge on any atom is 0.261 e. The van der Waals surface area contributed by atoms with E-state index >= 15 is 0 Å². The lowest BCUT2D eigenvalue weighted by Gasteiger charge is -2.07. The quantitative estimate of drug-likeness (QED) is 0.703. The standard InChI is InChI=1S/C10H5Cl3O6S3/c11-20(14,15)7-1-2-9-6(3-7)4-8(21(12,16)17)5-10(9)22(13,18)19/h1-5H. The van der Waals surface area contributed by atoms with Crippen molar-refractivity contribution in [2.45, 2.75) is 14.7 Å². The van der Waals surface area contributed by atoms with Gasteiger partial charge in [0.25, 0.3) is 27.2 Å². The minimum Gasteiger partial charge on any atom is -0.207 e. The molecule has 0 aromatic heterocycles. The molecular formula is C10H5Cl3O6S3. The van der Waals surface area contributed by atoms with Gasteiger partial charge in [0.2, 0.25) is 0 Å². The molecule has 0 unspecified atom stereocenters. The average molecular weight is 424 g/mol. The van der Waals surface area contributed by atoms with Gasteiger partial charge in [-0.25, -0.2) is 25.3 Å². The second-order valence-corrected chi connectivity index (χ2v) is 11.8. The van der Waals surface area contributed by atoms with Crippen molar-refractivity contribution in [2.24, 2.45) is 0 Å². The van der Waals surface area contributed by atoms with Gasteiger partial charge in [0.1, 0.15) is 0 Å². The molecule has 0 amide bonds. The zero-order valence-electron chi connectivity index (χ0n) is 10.2. The maximum atomic E-state index is 11.6. The van der Waals surface area contributed by atoms with Crippen LogP contribution in [0.15, 0.2) is 45.0 Å². The maximum absolute atomic E-state index is 11.6. The third-order valence-electron chi connectivity index (χ3n) is 2.69. The zero-order chi connectivity index (χ0) is 16.9. The van der Waals surface area contributed by atoms with Crippen LogP contribution in [0.1, 0.15) is 0 Å². The number of hydrogen-bond acceptors (Lipinski definition) is 6. The van der Waals surface area contributed by atoms with Crippen LogP contribution in [0, 0.1) is 0 Å². The predicted molar refractivity (Wildman–Crippen MR) is 83.1 cm³/mol. The number of fused-ring (bicyclic) bond motifs is 1. The molecule has 0 saturated carbocycles. The van der Waals surface area contributed by atoms with Gasteiger partial charge in [-0.05, 0) is 29.7 Å². The number of benzene rings is 2. The highest BCUT2D eigenvalue weighted by Crippen LogP contribution is 2.32. The zero-order valence-corrected chi connectivity index (χ0v) is 14.9. The molecule has 0 fully saturated rings. The Hall–Kier alpha value is -0.580. The SMILES string of the molecule is O=S(=O)(Cl)c1ccc2c(S(=O)(=O)Cl)cc(S(=O)(=O)Cl)cc2c1. The third-order valence-corrected chi connectivity index (χ3v) is 6.73. The number of halogens is 3. The van der Waals surface area contributed by atoms with Gasteiger partial charge in [-0.15, -0.1) is 0 Å². The van der Waals surface area contributed by atoms with Crippen molar-refractivity contribution in [3.05, 3.63) is 30.3 Å². The molecule has 2 rings (SSSR count). The molecular weight excluding hydrogens is 419 g/mol. The molecule has 0 aliphatic rings. The highest BCUT2D eigenvalue weighted by Gasteiger charge is 2.21. The summed E-state index contributed by atoms with van der Waals surface area (Å²) < 4.78 is 68.7. The Bertz CT molecular complexity index is 1080. The van der Waals surface area contributed by atoms with E-state index < -0.39 is 36.9 Å². The van der Waals surface area contributed by atoms with Crippen LogP contribution in [0.25, 0.3) is 10.8 Å². The van der Waals surface area contributed by atoms with E-state index in [0.29, 0.717) is 0 Å². The van der Waals surface area contributed by atoms with Crippen LogP contribution >= 0.6 is 32.0 Å². The fourth-order valence-corrected chi connectivity index (χ4v) is 4.53. The molecule has 2 aromatic rings. The van der Waals surface area contributed by atoms with Gasteiger partial charge in [0.15, 0.2) is 0 Å². The van der Waals surface area contributed by atoms with Crippen molar-refractivity contribution < 1.29 is 25.3 Å². The first-order valence-corrected chi connectivity index (χ1v) is 12.1. The van der Waals surface area contributed by atoms with Crippen molar-refractivity contribution >= 4 is 70.0 Å². The Kier molecular flexibility index (Phi) is 4.44. The minimum atomic E-state index is -4.29. The predicted octanol–water partition coefficient (Wildman–Crippen LogP) is 2.62. The Balaban J connectivity index is 3.02. The lowest BCUT2D eigenvalue weighted by molar-refractivity contribution is 0.607. The molecule has 0 radical (unpaired) electrons. The second kappa shape index (κ2) is 5.50. The minimum absolute atomic E-state index is 0.0114. The van der Waals surface area contributed by atoms with E-state index in [0.717, 1.165) is 30.3 Å². The number of rotatable bonds is 3. The van der Waals surface area contributed by atoms with Crippen molar-refractivity contribution in [1.82, 2.24) is 0 Å². The lowest BCUT2D eigenvalue weighted by atomic mass is 10.1. The Morgan fingerprint density at radius 2 is 1.14 bits per heavy atom. The largest absolute Gasteiger partial charge is 0.261 e. The van der Waals surface area contributed by atoms with Crippen molar-refractivity contribution in [1.29, 1.82) is 0 Å². The molecule has 120 valence electrons. The highest BCUT2D eigenvalue weighted by atomic mass is 35.7. The van der Waals surface area contributed by atoms with E-state index in [2.05, 4.69) is 0 Å². The van der Waals surface area contributed by atoms with Gasteiger partial charge in [-0.2, -0.15) is 0 Å². The van der Waals surface area contributed by atoms with Gasteiger partial charge in [-0.1, -0.05) is 6.07 Å². The smallest absolute Gasteiger partial charge is 0.207 e. The normalized spacial score (nSPS) is 13.4.